The smallest absolute Gasteiger partial charge is 0.321 e. The van der Waals surface area contributed by atoms with Crippen LogP contribution in [-0.4, -0.2) is 27.8 Å². The lowest BCUT2D eigenvalue weighted by Gasteiger charge is -2.17. The van der Waals surface area contributed by atoms with E-state index in [1.54, 1.807) is 22.8 Å². The summed E-state index contributed by atoms with van der Waals surface area (Å²) in [6.45, 7) is 2.63. The van der Waals surface area contributed by atoms with Gasteiger partial charge in [-0.2, -0.15) is 5.10 Å². The molecule has 1 heterocycles. The first-order valence-corrected chi connectivity index (χ1v) is 6.67. The topological polar surface area (TPSA) is 50.2 Å². The molecule has 0 fully saturated rings. The molecule has 0 aliphatic rings. The lowest BCUT2D eigenvalue weighted by atomic mass is 10.1. The summed E-state index contributed by atoms with van der Waals surface area (Å²) in [5.74, 6) is 0. The second kappa shape index (κ2) is 6.23. The maximum absolute atomic E-state index is 12.1. The standard InChI is InChI=1S/C15H20N4O/c1-4-12-6-5-7-14(8-12)17-15(20)18(2)10-13-9-16-19(3)11-13/h5-9,11H,4,10H2,1-3H3,(H,17,20). The Hall–Kier alpha value is -2.30. The van der Waals surface area contributed by atoms with Crippen LogP contribution in [0.3, 0.4) is 0 Å². The number of hydrogen-bond acceptors (Lipinski definition) is 2. The van der Waals surface area contributed by atoms with E-state index in [9.17, 15) is 4.79 Å². The monoisotopic (exact) mass is 272 g/mol. The maximum atomic E-state index is 12.1. The Labute approximate surface area is 119 Å². The summed E-state index contributed by atoms with van der Waals surface area (Å²) in [6.07, 6.45) is 4.62. The van der Waals surface area contributed by atoms with Gasteiger partial charge in [0.25, 0.3) is 0 Å². The van der Waals surface area contributed by atoms with E-state index in [0.717, 1.165) is 17.7 Å². The van der Waals surface area contributed by atoms with Crippen molar-refractivity contribution in [1.82, 2.24) is 14.7 Å². The number of nitrogens with zero attached hydrogens (tertiary/aromatic N) is 3. The van der Waals surface area contributed by atoms with Crippen LogP contribution in [0.2, 0.25) is 0 Å². The van der Waals surface area contributed by atoms with Gasteiger partial charge in [-0.3, -0.25) is 4.68 Å². The molecule has 5 heteroatoms. The molecule has 0 aliphatic carbocycles. The number of carbonyl (C=O) groups is 1. The molecule has 0 atom stereocenters. The molecule has 106 valence electrons. The highest BCUT2D eigenvalue weighted by molar-refractivity contribution is 5.89. The molecule has 5 nitrogen and oxygen atoms in total. The lowest BCUT2D eigenvalue weighted by Crippen LogP contribution is -2.30. The first-order valence-electron chi connectivity index (χ1n) is 6.67. The van der Waals surface area contributed by atoms with Crippen LogP contribution in [0.1, 0.15) is 18.1 Å². The number of urea groups is 1. The van der Waals surface area contributed by atoms with E-state index in [4.69, 9.17) is 0 Å². The van der Waals surface area contributed by atoms with Gasteiger partial charge in [-0.15, -0.1) is 0 Å². The molecule has 1 aromatic carbocycles. The summed E-state index contributed by atoms with van der Waals surface area (Å²) in [4.78, 5) is 13.7. The van der Waals surface area contributed by atoms with Crippen molar-refractivity contribution >= 4 is 11.7 Å². The summed E-state index contributed by atoms with van der Waals surface area (Å²) in [5.41, 5.74) is 3.04. The van der Waals surface area contributed by atoms with Crippen molar-refractivity contribution in [3.63, 3.8) is 0 Å². The van der Waals surface area contributed by atoms with Crippen LogP contribution < -0.4 is 5.32 Å². The minimum Gasteiger partial charge on any atom is -0.323 e. The molecule has 2 rings (SSSR count). The van der Waals surface area contributed by atoms with E-state index in [2.05, 4.69) is 23.4 Å². The third-order valence-electron chi connectivity index (χ3n) is 3.11. The van der Waals surface area contributed by atoms with E-state index >= 15 is 0 Å². The number of aromatic nitrogens is 2. The number of carbonyl (C=O) groups excluding carboxylic acids is 1. The van der Waals surface area contributed by atoms with E-state index in [-0.39, 0.29) is 6.03 Å². The van der Waals surface area contributed by atoms with Crippen molar-refractivity contribution in [2.24, 2.45) is 7.05 Å². The first kappa shape index (κ1) is 14.1. The van der Waals surface area contributed by atoms with Gasteiger partial charge in [0.1, 0.15) is 0 Å². The number of rotatable bonds is 4. The van der Waals surface area contributed by atoms with Crippen LogP contribution in [-0.2, 0) is 20.0 Å². The fourth-order valence-corrected chi connectivity index (χ4v) is 1.99. The molecule has 20 heavy (non-hydrogen) atoms. The number of benzene rings is 1. The number of nitrogens with one attached hydrogen (secondary N) is 1. The fraction of sp³-hybridized carbons (Fsp3) is 0.333. The van der Waals surface area contributed by atoms with Gasteiger partial charge in [-0.05, 0) is 24.1 Å². The second-order valence-corrected chi connectivity index (χ2v) is 4.86. The second-order valence-electron chi connectivity index (χ2n) is 4.86. The molecule has 0 spiro atoms. The largest absolute Gasteiger partial charge is 0.323 e. The van der Waals surface area contributed by atoms with E-state index in [1.165, 1.54) is 5.56 Å². The third-order valence-corrected chi connectivity index (χ3v) is 3.11. The van der Waals surface area contributed by atoms with Gasteiger partial charge in [0.2, 0.25) is 0 Å². The highest BCUT2D eigenvalue weighted by Gasteiger charge is 2.10. The Kier molecular flexibility index (Phi) is 4.40. The van der Waals surface area contributed by atoms with Crippen molar-refractivity contribution < 1.29 is 4.79 Å². The number of amides is 2. The molecule has 0 unspecified atom stereocenters. The van der Waals surface area contributed by atoms with Gasteiger partial charge in [0, 0.05) is 31.5 Å². The Morgan fingerprint density at radius 1 is 1.40 bits per heavy atom. The zero-order chi connectivity index (χ0) is 14.5. The van der Waals surface area contributed by atoms with Crippen molar-refractivity contribution in [2.75, 3.05) is 12.4 Å². The van der Waals surface area contributed by atoms with Crippen LogP contribution in [0.5, 0.6) is 0 Å². The summed E-state index contributed by atoms with van der Waals surface area (Å²) in [7, 11) is 3.63. The Morgan fingerprint density at radius 3 is 2.85 bits per heavy atom. The molecular weight excluding hydrogens is 252 g/mol. The molecular formula is C15H20N4O. The maximum Gasteiger partial charge on any atom is 0.321 e. The third kappa shape index (κ3) is 3.60. The normalized spacial score (nSPS) is 10.3. The molecule has 0 radical (unpaired) electrons. The van der Waals surface area contributed by atoms with Crippen LogP contribution in [0.25, 0.3) is 0 Å². The predicted octanol–water partition coefficient (Wildman–Crippen LogP) is 2.65. The highest BCUT2D eigenvalue weighted by Crippen LogP contribution is 2.12. The van der Waals surface area contributed by atoms with Gasteiger partial charge in [0.05, 0.1) is 12.7 Å². The summed E-state index contributed by atoms with van der Waals surface area (Å²) < 4.78 is 1.73. The average molecular weight is 272 g/mol. The Balaban J connectivity index is 1.96. The predicted molar refractivity (Wildman–Crippen MR) is 79.5 cm³/mol. The first-order chi connectivity index (χ1) is 9.58. The highest BCUT2D eigenvalue weighted by atomic mass is 16.2. The molecule has 0 bridgehead atoms. The van der Waals surface area contributed by atoms with Gasteiger partial charge in [0.15, 0.2) is 0 Å². The summed E-state index contributed by atoms with van der Waals surface area (Å²) >= 11 is 0. The van der Waals surface area contributed by atoms with Crippen LogP contribution in [0, 0.1) is 0 Å². The van der Waals surface area contributed by atoms with Crippen LogP contribution in [0.4, 0.5) is 10.5 Å². The molecule has 0 saturated carbocycles. The van der Waals surface area contributed by atoms with Crippen molar-refractivity contribution in [2.45, 2.75) is 19.9 Å². The van der Waals surface area contributed by atoms with Crippen molar-refractivity contribution in [3.8, 4) is 0 Å². The average Bonchev–Trinajstić information content (AvgIpc) is 2.84. The van der Waals surface area contributed by atoms with E-state index < -0.39 is 0 Å². The van der Waals surface area contributed by atoms with Crippen molar-refractivity contribution in [1.29, 1.82) is 0 Å². The molecule has 0 saturated heterocycles. The van der Waals surface area contributed by atoms with E-state index in [1.807, 2.05) is 31.4 Å². The fourth-order valence-electron chi connectivity index (χ4n) is 1.99. The Bertz CT molecular complexity index is 591. The van der Waals surface area contributed by atoms with Crippen molar-refractivity contribution in [3.05, 3.63) is 47.8 Å². The van der Waals surface area contributed by atoms with Gasteiger partial charge >= 0.3 is 6.03 Å². The lowest BCUT2D eigenvalue weighted by molar-refractivity contribution is 0.220. The minimum atomic E-state index is -0.123. The van der Waals surface area contributed by atoms with Gasteiger partial charge < -0.3 is 10.2 Å². The van der Waals surface area contributed by atoms with Crippen LogP contribution >= 0.6 is 0 Å². The number of anilines is 1. The summed E-state index contributed by atoms with van der Waals surface area (Å²) in [6, 6.07) is 7.78. The molecule has 0 aliphatic heterocycles. The zero-order valence-corrected chi connectivity index (χ0v) is 12.1. The minimum absolute atomic E-state index is 0.123. The molecule has 2 amide bonds. The SMILES string of the molecule is CCc1cccc(NC(=O)N(C)Cc2cnn(C)c2)c1. The zero-order valence-electron chi connectivity index (χ0n) is 12.1. The Morgan fingerprint density at radius 2 is 2.20 bits per heavy atom. The van der Waals surface area contributed by atoms with Gasteiger partial charge in [-0.1, -0.05) is 19.1 Å². The molecule has 2 aromatic rings. The quantitative estimate of drug-likeness (QED) is 0.930. The van der Waals surface area contributed by atoms with Gasteiger partial charge in [-0.25, -0.2) is 4.79 Å². The number of aryl methyl sites for hydroxylation is 2. The molecule has 1 aromatic heterocycles. The van der Waals surface area contributed by atoms with Crippen LogP contribution in [0.15, 0.2) is 36.7 Å². The summed E-state index contributed by atoms with van der Waals surface area (Å²) in [5, 5.41) is 7.00. The molecule has 1 N–H and O–H groups in total. The van der Waals surface area contributed by atoms with E-state index in [0.29, 0.717) is 6.54 Å². The number of hydrogen-bond donors (Lipinski definition) is 1.